The normalized spacial score (nSPS) is 21.4. The lowest BCUT2D eigenvalue weighted by Gasteiger charge is -2.33. The molecule has 1 aliphatic carbocycles. The Bertz CT molecular complexity index is 905. The number of ketones is 1. The van der Waals surface area contributed by atoms with Crippen LogP contribution in [0.5, 0.6) is 0 Å². The monoisotopic (exact) mass is 477 g/mol. The van der Waals surface area contributed by atoms with E-state index in [1.165, 1.54) is 11.3 Å². The number of nitrogens with zero attached hydrogens (tertiary/aromatic N) is 2. The van der Waals surface area contributed by atoms with Crippen LogP contribution in [0.2, 0.25) is 0 Å². The van der Waals surface area contributed by atoms with Crippen molar-refractivity contribution in [2.45, 2.75) is 78.4 Å². The van der Waals surface area contributed by atoms with Gasteiger partial charge >= 0.3 is 0 Å². The van der Waals surface area contributed by atoms with Crippen LogP contribution in [-0.2, 0) is 19.2 Å². The van der Waals surface area contributed by atoms with Gasteiger partial charge in [0.25, 0.3) is 5.91 Å². The van der Waals surface area contributed by atoms with Gasteiger partial charge in [0.05, 0.1) is 12.2 Å². The molecule has 3 rings (SSSR count). The van der Waals surface area contributed by atoms with Crippen molar-refractivity contribution in [3.63, 3.8) is 0 Å². The SMILES string of the molecule is Cc1csc(NC(CC(=O)N2CC(C)C[C@H]2C(=O)NCC(=O)C(=O)NC2CC2)C(C)(C)C)n1. The lowest BCUT2D eigenvalue weighted by Crippen LogP contribution is -2.50. The third-order valence-corrected chi connectivity index (χ3v) is 6.95. The molecule has 0 radical (unpaired) electrons. The third-order valence-electron chi connectivity index (χ3n) is 6.06. The van der Waals surface area contributed by atoms with Crippen molar-refractivity contribution in [3.05, 3.63) is 11.1 Å². The highest BCUT2D eigenvalue weighted by molar-refractivity contribution is 7.13. The molecule has 1 aromatic heterocycles. The molecule has 1 saturated carbocycles. The number of Topliss-reactive ketones (excluding diaryl/α,β-unsaturated/α-hetero) is 1. The predicted molar refractivity (Wildman–Crippen MR) is 127 cm³/mol. The van der Waals surface area contributed by atoms with E-state index >= 15 is 0 Å². The summed E-state index contributed by atoms with van der Waals surface area (Å²) < 4.78 is 0. The van der Waals surface area contributed by atoms with Gasteiger partial charge in [-0.05, 0) is 37.5 Å². The van der Waals surface area contributed by atoms with Crippen LogP contribution in [0.15, 0.2) is 5.38 Å². The number of carbonyl (C=O) groups is 4. The van der Waals surface area contributed by atoms with E-state index in [1.54, 1.807) is 4.90 Å². The minimum absolute atomic E-state index is 0.0820. The van der Waals surface area contributed by atoms with Crippen molar-refractivity contribution in [2.75, 3.05) is 18.4 Å². The van der Waals surface area contributed by atoms with E-state index in [9.17, 15) is 19.2 Å². The van der Waals surface area contributed by atoms with Gasteiger partial charge < -0.3 is 20.9 Å². The first-order valence-corrected chi connectivity index (χ1v) is 12.4. The molecule has 1 aliphatic heterocycles. The van der Waals surface area contributed by atoms with E-state index in [4.69, 9.17) is 0 Å². The zero-order valence-corrected chi connectivity index (χ0v) is 20.9. The Morgan fingerprint density at radius 1 is 1.24 bits per heavy atom. The smallest absolute Gasteiger partial charge is 0.289 e. The molecule has 3 amide bonds. The van der Waals surface area contributed by atoms with Crippen molar-refractivity contribution < 1.29 is 19.2 Å². The summed E-state index contributed by atoms with van der Waals surface area (Å²) in [5.74, 6) is -1.67. The summed E-state index contributed by atoms with van der Waals surface area (Å²) in [6.07, 6.45) is 2.52. The number of carbonyl (C=O) groups excluding carboxylic acids is 4. The topological polar surface area (TPSA) is 121 Å². The number of hydrogen-bond donors (Lipinski definition) is 3. The van der Waals surface area contributed by atoms with Gasteiger partial charge in [0, 0.05) is 30.4 Å². The van der Waals surface area contributed by atoms with Gasteiger partial charge in [-0.1, -0.05) is 27.7 Å². The summed E-state index contributed by atoms with van der Waals surface area (Å²) in [6, 6.07) is -0.726. The van der Waals surface area contributed by atoms with Crippen LogP contribution < -0.4 is 16.0 Å². The second kappa shape index (κ2) is 10.2. The predicted octanol–water partition coefficient (Wildman–Crippen LogP) is 1.87. The summed E-state index contributed by atoms with van der Waals surface area (Å²) >= 11 is 1.50. The Kier molecular flexibility index (Phi) is 7.76. The number of anilines is 1. The van der Waals surface area contributed by atoms with Crippen LogP contribution in [0.1, 0.15) is 59.1 Å². The third kappa shape index (κ3) is 6.99. The Balaban J connectivity index is 1.60. The molecule has 0 aromatic carbocycles. The lowest BCUT2D eigenvalue weighted by atomic mass is 9.84. The van der Waals surface area contributed by atoms with Crippen LogP contribution in [0.3, 0.4) is 0 Å². The van der Waals surface area contributed by atoms with E-state index < -0.39 is 23.6 Å². The van der Waals surface area contributed by atoms with Crippen LogP contribution in [0.4, 0.5) is 5.13 Å². The summed E-state index contributed by atoms with van der Waals surface area (Å²) in [5.41, 5.74) is 0.714. The maximum absolute atomic E-state index is 13.3. The van der Waals surface area contributed by atoms with Crippen LogP contribution in [0.25, 0.3) is 0 Å². The number of aromatic nitrogens is 1. The van der Waals surface area contributed by atoms with Gasteiger partial charge in [0.2, 0.25) is 17.6 Å². The molecule has 1 saturated heterocycles. The summed E-state index contributed by atoms with van der Waals surface area (Å²) in [4.78, 5) is 56.0. The molecule has 182 valence electrons. The van der Waals surface area contributed by atoms with Crippen molar-refractivity contribution in [1.29, 1.82) is 0 Å². The summed E-state index contributed by atoms with van der Waals surface area (Å²) in [6.45, 7) is 10.2. The molecular formula is C23H35N5O4S. The van der Waals surface area contributed by atoms with Crippen molar-refractivity contribution in [1.82, 2.24) is 20.5 Å². The first kappa shape index (κ1) is 25.1. The van der Waals surface area contributed by atoms with E-state index in [0.717, 1.165) is 23.7 Å². The molecule has 2 aliphatic rings. The minimum atomic E-state index is -0.671. The highest BCUT2D eigenvalue weighted by atomic mass is 32.1. The number of nitrogens with one attached hydrogen (secondary N) is 3. The first-order chi connectivity index (χ1) is 15.4. The maximum Gasteiger partial charge on any atom is 0.289 e. The zero-order chi connectivity index (χ0) is 24.3. The highest BCUT2D eigenvalue weighted by Crippen LogP contribution is 2.30. The Hall–Kier alpha value is -2.49. The number of rotatable bonds is 9. The molecule has 0 bridgehead atoms. The maximum atomic E-state index is 13.3. The molecule has 1 aromatic rings. The lowest BCUT2D eigenvalue weighted by molar-refractivity contribution is -0.140. The minimum Gasteiger partial charge on any atom is -0.358 e. The molecule has 33 heavy (non-hydrogen) atoms. The molecular weight excluding hydrogens is 442 g/mol. The van der Waals surface area contributed by atoms with Crippen molar-refractivity contribution >= 4 is 40.0 Å². The Morgan fingerprint density at radius 3 is 2.52 bits per heavy atom. The summed E-state index contributed by atoms with van der Waals surface area (Å²) in [5, 5.41) is 11.3. The van der Waals surface area contributed by atoms with Crippen LogP contribution >= 0.6 is 11.3 Å². The molecule has 2 unspecified atom stereocenters. The van der Waals surface area contributed by atoms with Crippen molar-refractivity contribution in [3.8, 4) is 0 Å². The first-order valence-electron chi connectivity index (χ1n) is 11.5. The standard InChI is InChI=1S/C23H35N5O4S/c1-13-8-16(20(31)24-10-17(29)21(32)26-15-6-7-15)28(11-13)19(30)9-18(23(3,4)5)27-22-25-14(2)12-33-22/h12-13,15-16,18H,6-11H2,1-5H3,(H,24,31)(H,25,27)(H,26,32)/t13?,16-,18?/m0/s1. The molecule has 10 heteroatoms. The van der Waals surface area contributed by atoms with Gasteiger partial charge in [-0.2, -0.15) is 0 Å². The highest BCUT2D eigenvalue weighted by Gasteiger charge is 2.40. The van der Waals surface area contributed by atoms with E-state index in [-0.39, 0.29) is 42.3 Å². The van der Waals surface area contributed by atoms with Gasteiger partial charge in [-0.15, -0.1) is 11.3 Å². The fraction of sp³-hybridized carbons (Fsp3) is 0.696. The van der Waals surface area contributed by atoms with Gasteiger partial charge in [0.1, 0.15) is 6.04 Å². The fourth-order valence-electron chi connectivity index (χ4n) is 3.86. The average molecular weight is 478 g/mol. The van der Waals surface area contributed by atoms with E-state index in [0.29, 0.717) is 13.0 Å². The number of thiazole rings is 1. The van der Waals surface area contributed by atoms with Crippen LogP contribution in [0, 0.1) is 18.3 Å². The molecule has 0 spiro atoms. The number of amides is 3. The molecule has 3 N–H and O–H groups in total. The molecule has 2 heterocycles. The average Bonchev–Trinajstić information content (AvgIpc) is 3.31. The van der Waals surface area contributed by atoms with Crippen molar-refractivity contribution in [2.24, 2.45) is 11.3 Å². The number of hydrogen-bond acceptors (Lipinski definition) is 7. The molecule has 3 atom stereocenters. The second-order valence-corrected chi connectivity index (χ2v) is 11.2. The number of likely N-dealkylation sites (tertiary alicyclic amines) is 1. The fourth-order valence-corrected chi connectivity index (χ4v) is 4.61. The van der Waals surface area contributed by atoms with E-state index in [2.05, 4.69) is 41.7 Å². The Labute approximate surface area is 199 Å². The van der Waals surface area contributed by atoms with Gasteiger partial charge in [0.15, 0.2) is 5.13 Å². The van der Waals surface area contributed by atoms with E-state index in [1.807, 2.05) is 19.2 Å². The molecule has 9 nitrogen and oxygen atoms in total. The van der Waals surface area contributed by atoms with Gasteiger partial charge in [-0.3, -0.25) is 19.2 Å². The Morgan fingerprint density at radius 2 is 1.94 bits per heavy atom. The largest absolute Gasteiger partial charge is 0.358 e. The quantitative estimate of drug-likeness (QED) is 0.467. The molecule has 2 fully saturated rings. The number of aryl methyl sites for hydroxylation is 1. The van der Waals surface area contributed by atoms with Gasteiger partial charge in [-0.25, -0.2) is 4.98 Å². The van der Waals surface area contributed by atoms with Crippen LogP contribution in [-0.4, -0.2) is 64.6 Å². The summed E-state index contributed by atoms with van der Waals surface area (Å²) in [7, 11) is 0. The second-order valence-electron chi connectivity index (χ2n) is 10.4. The zero-order valence-electron chi connectivity index (χ0n) is 20.1.